The van der Waals surface area contributed by atoms with Crippen molar-refractivity contribution in [1.82, 2.24) is 0 Å². The van der Waals surface area contributed by atoms with Crippen molar-refractivity contribution in [1.29, 1.82) is 0 Å². The molecule has 0 bridgehead atoms. The Bertz CT molecular complexity index is 1210. The van der Waals surface area contributed by atoms with Gasteiger partial charge in [-0.2, -0.15) is 0 Å². The normalized spacial score (nSPS) is 18.0. The van der Waals surface area contributed by atoms with Gasteiger partial charge in [-0.3, -0.25) is 0 Å². The summed E-state index contributed by atoms with van der Waals surface area (Å²) in [6.45, 7) is 36.5. The van der Waals surface area contributed by atoms with Gasteiger partial charge in [0.1, 0.15) is 6.61 Å². The molecule has 17 heteroatoms. The predicted molar refractivity (Wildman–Crippen MR) is 286 cm³/mol. The molecular formula is C56H112O17. The second-order valence-electron chi connectivity index (χ2n) is 20.6. The van der Waals surface area contributed by atoms with E-state index in [2.05, 4.69) is 13.8 Å². The Morgan fingerprint density at radius 1 is 0.274 bits per heavy atom. The zero-order valence-electron chi connectivity index (χ0n) is 48.9. The largest absolute Gasteiger partial charge is 0.480 e. The van der Waals surface area contributed by atoms with Crippen LogP contribution < -0.4 is 0 Å². The molecule has 0 aliphatic carbocycles. The molecule has 0 aromatic heterocycles. The quantitative estimate of drug-likeness (QED) is 0.0569. The molecule has 73 heavy (non-hydrogen) atoms. The Kier molecular flexibility index (Phi) is 47.3. The van der Waals surface area contributed by atoms with Crippen LogP contribution in [0.5, 0.6) is 0 Å². The molecule has 0 aromatic carbocycles. The lowest BCUT2D eigenvalue weighted by Crippen LogP contribution is -2.31. The van der Waals surface area contributed by atoms with Crippen molar-refractivity contribution in [2.75, 3.05) is 106 Å². The van der Waals surface area contributed by atoms with Crippen molar-refractivity contribution < 1.29 is 81.0 Å². The summed E-state index contributed by atoms with van der Waals surface area (Å²) in [4.78, 5) is 10.6. The molecule has 0 amide bonds. The fraction of sp³-hybridized carbons (Fsp3) is 0.982. The molecule has 0 aromatic rings. The molecule has 0 fully saturated rings. The van der Waals surface area contributed by atoms with E-state index in [4.69, 9.17) is 76.2 Å². The Morgan fingerprint density at radius 3 is 0.658 bits per heavy atom. The number of unbranched alkanes of at least 4 members (excludes halogenated alkanes) is 9. The summed E-state index contributed by atoms with van der Waals surface area (Å²) in [7, 11) is 0. The molecule has 438 valence electrons. The minimum atomic E-state index is -1.01. The Morgan fingerprint density at radius 2 is 0.452 bits per heavy atom. The first-order valence-electron chi connectivity index (χ1n) is 28.2. The Labute approximate surface area is 444 Å². The van der Waals surface area contributed by atoms with Gasteiger partial charge in [0.05, 0.1) is 178 Å². The topological polar surface area (TPSA) is 176 Å². The zero-order valence-corrected chi connectivity index (χ0v) is 48.9. The van der Waals surface area contributed by atoms with Crippen LogP contribution in [0.1, 0.15) is 168 Å². The second kappa shape index (κ2) is 48.0. The minimum Gasteiger partial charge on any atom is -0.480 e. The third-order valence-corrected chi connectivity index (χ3v) is 11.5. The molecule has 1 N–H and O–H groups in total. The van der Waals surface area contributed by atoms with Crippen LogP contribution in [0.2, 0.25) is 0 Å². The summed E-state index contributed by atoms with van der Waals surface area (Å²) < 4.78 is 88.3. The number of carbonyl (C=O) groups is 1. The van der Waals surface area contributed by atoms with Crippen molar-refractivity contribution in [3.8, 4) is 0 Å². The van der Waals surface area contributed by atoms with Crippen LogP contribution in [0.25, 0.3) is 0 Å². The summed E-state index contributed by atoms with van der Waals surface area (Å²) in [5.74, 6) is -1.01. The molecule has 17 nitrogen and oxygen atoms in total. The van der Waals surface area contributed by atoms with Gasteiger partial charge >= 0.3 is 5.97 Å². The highest BCUT2D eigenvalue weighted by atomic mass is 16.6. The van der Waals surface area contributed by atoms with Gasteiger partial charge in [0.2, 0.25) is 0 Å². The van der Waals surface area contributed by atoms with E-state index in [-0.39, 0.29) is 98.7 Å². The molecule has 0 saturated carbocycles. The lowest BCUT2D eigenvalue weighted by atomic mass is 10.1. The van der Waals surface area contributed by atoms with E-state index in [9.17, 15) is 4.79 Å². The van der Waals surface area contributed by atoms with Gasteiger partial charge in [-0.1, -0.05) is 64.7 Å². The first kappa shape index (κ1) is 71.9. The maximum absolute atomic E-state index is 10.6. The number of ether oxygens (including phenoxy) is 15. The lowest BCUT2D eigenvalue weighted by Gasteiger charge is -2.23. The summed E-state index contributed by atoms with van der Waals surface area (Å²) in [5, 5.41) is 8.71. The van der Waals surface area contributed by atoms with E-state index in [1.54, 1.807) is 6.92 Å². The van der Waals surface area contributed by atoms with Crippen molar-refractivity contribution in [3.05, 3.63) is 0 Å². The van der Waals surface area contributed by atoms with E-state index in [1.165, 1.54) is 57.8 Å². The number of aliphatic carboxylic acids is 1. The highest BCUT2D eigenvalue weighted by molar-refractivity contribution is 5.68. The zero-order chi connectivity index (χ0) is 54.7. The smallest absolute Gasteiger partial charge is 0.329 e. The van der Waals surface area contributed by atoms with Gasteiger partial charge in [0.15, 0.2) is 0 Å². The number of hydrogen-bond acceptors (Lipinski definition) is 16. The molecule has 0 rings (SSSR count). The lowest BCUT2D eigenvalue weighted by molar-refractivity contribution is -0.146. The molecule has 0 spiro atoms. The van der Waals surface area contributed by atoms with E-state index in [1.807, 2.05) is 83.1 Å². The van der Waals surface area contributed by atoms with Gasteiger partial charge in [-0.25, -0.2) is 4.79 Å². The monoisotopic (exact) mass is 1060 g/mol. The van der Waals surface area contributed by atoms with Gasteiger partial charge in [-0.15, -0.1) is 0 Å². The molecule has 0 saturated heterocycles. The van der Waals surface area contributed by atoms with E-state index in [0.29, 0.717) is 85.9 Å². The third kappa shape index (κ3) is 48.9. The van der Waals surface area contributed by atoms with Gasteiger partial charge < -0.3 is 76.2 Å². The maximum atomic E-state index is 10.6. The van der Waals surface area contributed by atoms with Crippen LogP contribution in [0.3, 0.4) is 0 Å². The summed E-state index contributed by atoms with van der Waals surface area (Å²) in [5.41, 5.74) is 0. The molecule has 14 atom stereocenters. The van der Waals surface area contributed by atoms with Crippen molar-refractivity contribution in [2.45, 2.75) is 254 Å². The fourth-order valence-corrected chi connectivity index (χ4v) is 6.73. The van der Waals surface area contributed by atoms with Crippen LogP contribution in [-0.4, -0.2) is 202 Å². The molecule has 0 aliphatic rings. The number of carboxylic acid groups (broad SMARTS) is 1. The van der Waals surface area contributed by atoms with Gasteiger partial charge in [0, 0.05) is 6.61 Å². The van der Waals surface area contributed by atoms with Crippen LogP contribution >= 0.6 is 0 Å². The Balaban J connectivity index is 3.93. The number of hydrogen-bond donors (Lipinski definition) is 1. The van der Waals surface area contributed by atoms with Crippen LogP contribution in [0, 0.1) is 0 Å². The summed E-state index contributed by atoms with van der Waals surface area (Å²) >= 11 is 0. The van der Waals surface area contributed by atoms with E-state index >= 15 is 0 Å². The first-order chi connectivity index (χ1) is 34.8. The van der Waals surface area contributed by atoms with E-state index in [0.717, 1.165) is 13.0 Å². The minimum absolute atomic E-state index is 0.0351. The highest BCUT2D eigenvalue weighted by Gasteiger charge is 2.18. The first-order valence-corrected chi connectivity index (χ1v) is 28.2. The van der Waals surface area contributed by atoms with Crippen molar-refractivity contribution in [3.63, 3.8) is 0 Å². The molecule has 14 unspecified atom stereocenters. The predicted octanol–water partition coefficient (Wildman–Crippen LogP) is 9.68. The van der Waals surface area contributed by atoms with Crippen molar-refractivity contribution >= 4 is 5.97 Å². The second-order valence-corrected chi connectivity index (χ2v) is 20.6. The number of rotatable bonds is 55. The third-order valence-electron chi connectivity index (χ3n) is 11.5. The standard InChI is InChI=1S/C56H112O17/c1-16-17-18-19-20-21-22-23-24-25-26-59-27-42(2)60-28-43(3)61-29-44(4)62-30-45(5)63-31-46(6)64-32-47(7)65-33-48(8)66-34-49(9)67-35-50(10)68-36-51(11)69-37-52(12)70-38-53(13)71-39-54(14)72-40-55(15)73-41-56(57)58/h42-55H,16-41H2,1-15H3,(H,57,58). The molecule has 0 aliphatic heterocycles. The summed E-state index contributed by atoms with van der Waals surface area (Å²) in [6, 6.07) is 0. The maximum Gasteiger partial charge on any atom is 0.329 e. The Hall–Kier alpha value is -1.13. The highest BCUT2D eigenvalue weighted by Crippen LogP contribution is 2.12. The van der Waals surface area contributed by atoms with Crippen molar-refractivity contribution in [2.24, 2.45) is 0 Å². The SMILES string of the molecule is CCCCCCCCCCCCOCC(C)OCC(C)OCC(C)OCC(C)OCC(C)OCC(C)OCC(C)OCC(C)OCC(C)OCC(C)OCC(C)OCC(C)OCC(C)OCC(C)OCC(=O)O. The van der Waals surface area contributed by atoms with Gasteiger partial charge in [-0.05, 0) is 103 Å². The molecule has 0 radical (unpaired) electrons. The fourth-order valence-electron chi connectivity index (χ4n) is 6.73. The van der Waals surface area contributed by atoms with E-state index < -0.39 is 5.97 Å². The molecule has 0 heterocycles. The van der Waals surface area contributed by atoms with Crippen LogP contribution in [-0.2, 0) is 75.8 Å². The summed E-state index contributed by atoms with van der Waals surface area (Å²) in [6.07, 6.45) is 11.7. The van der Waals surface area contributed by atoms with Gasteiger partial charge in [0.25, 0.3) is 0 Å². The van der Waals surface area contributed by atoms with Crippen LogP contribution in [0.15, 0.2) is 0 Å². The molecular weight excluding hydrogens is 945 g/mol. The number of carboxylic acids is 1. The average Bonchev–Trinajstić information content (AvgIpc) is 3.36. The average molecular weight is 1060 g/mol. The van der Waals surface area contributed by atoms with Crippen LogP contribution in [0.4, 0.5) is 0 Å².